The van der Waals surface area contributed by atoms with Crippen LogP contribution >= 0.6 is 0 Å². The topological polar surface area (TPSA) is 28.2 Å². The molecule has 0 N–H and O–H groups in total. The van der Waals surface area contributed by atoms with Gasteiger partial charge in [0.1, 0.15) is 6.17 Å². The summed E-state index contributed by atoms with van der Waals surface area (Å²) in [4.78, 5) is 5.49. The Morgan fingerprint density at radius 3 is 1.77 bits per heavy atom. The van der Waals surface area contributed by atoms with E-state index in [9.17, 15) is 0 Å². The van der Waals surface area contributed by atoms with Gasteiger partial charge in [-0.2, -0.15) is 0 Å². The van der Waals surface area contributed by atoms with Crippen LogP contribution in [0.3, 0.4) is 0 Å². The third-order valence-electron chi connectivity index (χ3n) is 9.25. The molecule has 2 aliphatic heterocycles. The van der Waals surface area contributed by atoms with Crippen LogP contribution in [0.25, 0.3) is 49.3 Å². The van der Waals surface area contributed by atoms with Crippen molar-refractivity contribution in [3.8, 4) is 5.69 Å². The summed E-state index contributed by atoms with van der Waals surface area (Å²) in [7, 11) is 0. The molecule has 1 saturated heterocycles. The standard InChI is InChI=1S/C39H27N5/c1-4-14-26(15-5-1)37-40-39(44-38(43(37)44)27-16-6-2-7-17-27)42-34-23-13-11-21-30(34)32-25-24-31-29-20-10-12-22-33(29)41(35(31)36(32)42)28-18-8-3-9-19-28/h1-25,38-39H. The third-order valence-corrected chi connectivity index (χ3v) is 9.25. The van der Waals surface area contributed by atoms with Gasteiger partial charge in [-0.25, -0.2) is 4.99 Å². The summed E-state index contributed by atoms with van der Waals surface area (Å²) in [6.07, 6.45) is -0.130. The van der Waals surface area contributed by atoms with Crippen molar-refractivity contribution in [3.63, 3.8) is 0 Å². The lowest BCUT2D eigenvalue weighted by Crippen LogP contribution is -2.15. The molecular formula is C39H27N5. The number of para-hydroxylation sites is 3. The Hall–Kier alpha value is -5.65. The molecule has 0 saturated carbocycles. The maximum Gasteiger partial charge on any atom is 0.204 e. The quantitative estimate of drug-likeness (QED) is 0.199. The molecule has 208 valence electrons. The van der Waals surface area contributed by atoms with Crippen molar-refractivity contribution in [1.82, 2.24) is 19.2 Å². The van der Waals surface area contributed by atoms with E-state index in [1.807, 2.05) is 0 Å². The molecule has 2 aromatic heterocycles. The smallest absolute Gasteiger partial charge is 0.204 e. The fraction of sp³-hybridized carbons (Fsp3) is 0.0513. The van der Waals surface area contributed by atoms with Gasteiger partial charge in [-0.15, -0.1) is 5.01 Å². The summed E-state index contributed by atoms with van der Waals surface area (Å²) < 4.78 is 4.92. The zero-order valence-electron chi connectivity index (χ0n) is 23.8. The second-order valence-electron chi connectivity index (χ2n) is 11.6. The summed E-state index contributed by atoms with van der Waals surface area (Å²) in [5.74, 6) is 1.01. The van der Waals surface area contributed by atoms with Gasteiger partial charge in [0, 0.05) is 32.8 Å². The molecule has 6 aromatic carbocycles. The van der Waals surface area contributed by atoms with E-state index < -0.39 is 0 Å². The normalized spacial score (nSPS) is 19.2. The van der Waals surface area contributed by atoms with E-state index in [2.05, 4.69) is 171 Å². The first kappa shape index (κ1) is 23.9. The molecule has 2 aliphatic rings. The van der Waals surface area contributed by atoms with Gasteiger partial charge >= 0.3 is 0 Å². The Morgan fingerprint density at radius 1 is 0.477 bits per heavy atom. The molecule has 10 rings (SSSR count). The lowest BCUT2D eigenvalue weighted by Gasteiger charge is -2.17. The molecule has 0 amide bonds. The average Bonchev–Trinajstić information content (AvgIpc) is 3.37. The maximum atomic E-state index is 5.49. The maximum absolute atomic E-state index is 5.49. The van der Waals surface area contributed by atoms with E-state index in [4.69, 9.17) is 4.99 Å². The summed E-state index contributed by atoms with van der Waals surface area (Å²) in [6, 6.07) is 54.3. The van der Waals surface area contributed by atoms with E-state index in [-0.39, 0.29) is 12.5 Å². The highest BCUT2D eigenvalue weighted by Crippen LogP contribution is 2.54. The number of amidine groups is 1. The van der Waals surface area contributed by atoms with Gasteiger partial charge in [0.2, 0.25) is 6.29 Å². The van der Waals surface area contributed by atoms with Crippen LogP contribution in [0.1, 0.15) is 23.6 Å². The monoisotopic (exact) mass is 565 g/mol. The highest BCUT2D eigenvalue weighted by molar-refractivity contribution is 6.23. The van der Waals surface area contributed by atoms with Crippen molar-refractivity contribution < 1.29 is 0 Å². The van der Waals surface area contributed by atoms with Crippen molar-refractivity contribution in [2.45, 2.75) is 12.5 Å². The predicted molar refractivity (Wildman–Crippen MR) is 179 cm³/mol. The van der Waals surface area contributed by atoms with Crippen LogP contribution in [0.15, 0.2) is 157 Å². The van der Waals surface area contributed by atoms with Crippen LogP contribution in [0.5, 0.6) is 0 Å². The number of benzene rings is 6. The highest BCUT2D eigenvalue weighted by atomic mass is 15.9. The van der Waals surface area contributed by atoms with Crippen LogP contribution in [0.4, 0.5) is 0 Å². The number of hydrogen-bond donors (Lipinski definition) is 0. The minimum atomic E-state index is -0.245. The first-order valence-electron chi connectivity index (χ1n) is 15.1. The van der Waals surface area contributed by atoms with Crippen molar-refractivity contribution in [2.24, 2.45) is 4.99 Å². The number of hydrogen-bond acceptors (Lipinski definition) is 3. The number of hydrazine groups is 1. The van der Waals surface area contributed by atoms with Crippen molar-refractivity contribution in [1.29, 1.82) is 0 Å². The fourth-order valence-electron chi connectivity index (χ4n) is 7.38. The predicted octanol–water partition coefficient (Wildman–Crippen LogP) is 9.04. The minimum absolute atomic E-state index is 0.115. The molecule has 0 aliphatic carbocycles. The number of rotatable bonds is 4. The van der Waals surface area contributed by atoms with Crippen LogP contribution in [-0.4, -0.2) is 25.0 Å². The Bertz CT molecular complexity index is 2400. The van der Waals surface area contributed by atoms with E-state index in [0.717, 1.165) is 17.1 Å². The second-order valence-corrected chi connectivity index (χ2v) is 11.6. The molecule has 0 radical (unpaired) electrons. The molecule has 4 heterocycles. The summed E-state index contributed by atoms with van der Waals surface area (Å²) in [5.41, 5.74) is 8.34. The summed E-state index contributed by atoms with van der Waals surface area (Å²) >= 11 is 0. The van der Waals surface area contributed by atoms with Gasteiger partial charge in [0.25, 0.3) is 0 Å². The van der Waals surface area contributed by atoms with Crippen molar-refractivity contribution in [3.05, 3.63) is 163 Å². The SMILES string of the molecule is c1ccc(C2=NC(n3c4ccccc4c4ccc5c6ccccc6n(-c6ccccc6)c5c43)N3C(c4ccccc4)N23)cc1. The van der Waals surface area contributed by atoms with Crippen molar-refractivity contribution in [2.75, 3.05) is 0 Å². The Labute approximate surface area is 254 Å². The average molecular weight is 566 g/mol. The molecule has 3 atom stereocenters. The van der Waals surface area contributed by atoms with E-state index >= 15 is 0 Å². The molecule has 5 nitrogen and oxygen atoms in total. The van der Waals surface area contributed by atoms with E-state index in [1.165, 1.54) is 49.2 Å². The van der Waals surface area contributed by atoms with E-state index in [1.54, 1.807) is 0 Å². The van der Waals surface area contributed by atoms with Gasteiger partial charge in [0.05, 0.1) is 22.1 Å². The number of fused-ring (bicyclic) bond motifs is 8. The third kappa shape index (κ3) is 3.19. The van der Waals surface area contributed by atoms with Crippen molar-refractivity contribution >= 4 is 49.4 Å². The molecule has 5 heteroatoms. The number of aromatic nitrogens is 2. The summed E-state index contributed by atoms with van der Waals surface area (Å²) in [6.45, 7) is 0. The highest BCUT2D eigenvalue weighted by Gasteiger charge is 2.58. The zero-order valence-corrected chi connectivity index (χ0v) is 23.8. The molecular weight excluding hydrogens is 538 g/mol. The van der Waals surface area contributed by atoms with Gasteiger partial charge in [-0.05, 0) is 29.8 Å². The van der Waals surface area contributed by atoms with E-state index in [0.29, 0.717) is 0 Å². The molecule has 44 heavy (non-hydrogen) atoms. The van der Waals surface area contributed by atoms with Crippen LogP contribution < -0.4 is 0 Å². The first-order valence-corrected chi connectivity index (χ1v) is 15.1. The molecule has 1 fully saturated rings. The zero-order chi connectivity index (χ0) is 28.8. The van der Waals surface area contributed by atoms with Crippen LogP contribution in [0.2, 0.25) is 0 Å². The largest absolute Gasteiger partial charge is 0.307 e. The van der Waals surface area contributed by atoms with Gasteiger partial charge < -0.3 is 9.13 Å². The molecule has 8 aromatic rings. The fourth-order valence-corrected chi connectivity index (χ4v) is 7.38. The Balaban J connectivity index is 1.33. The second kappa shape index (κ2) is 8.93. The minimum Gasteiger partial charge on any atom is -0.307 e. The lowest BCUT2D eigenvalue weighted by atomic mass is 10.1. The van der Waals surface area contributed by atoms with Crippen LogP contribution in [0, 0.1) is 0 Å². The van der Waals surface area contributed by atoms with Gasteiger partial charge in [-0.3, -0.25) is 5.01 Å². The van der Waals surface area contributed by atoms with Gasteiger partial charge in [-0.1, -0.05) is 127 Å². The molecule has 0 spiro atoms. The molecule has 0 bridgehead atoms. The number of nitrogens with zero attached hydrogens (tertiary/aromatic N) is 5. The Kier molecular flexibility index (Phi) is 4.84. The first-order chi connectivity index (χ1) is 21.9. The number of aliphatic imine (C=N–C) groups is 1. The Morgan fingerprint density at radius 2 is 1.05 bits per heavy atom. The molecule has 3 unspecified atom stereocenters. The lowest BCUT2D eigenvalue weighted by molar-refractivity contribution is 0.269. The summed E-state index contributed by atoms with van der Waals surface area (Å²) in [5, 5.41) is 9.76. The van der Waals surface area contributed by atoms with Crippen LogP contribution in [-0.2, 0) is 0 Å². The van der Waals surface area contributed by atoms with Gasteiger partial charge in [0.15, 0.2) is 5.84 Å².